The van der Waals surface area contributed by atoms with Crippen molar-refractivity contribution in [2.75, 3.05) is 18.0 Å². The zero-order chi connectivity index (χ0) is 14.8. The van der Waals surface area contributed by atoms with Crippen molar-refractivity contribution < 1.29 is 9.90 Å². The van der Waals surface area contributed by atoms with E-state index < -0.39 is 11.4 Å². The molecule has 0 radical (unpaired) electrons. The summed E-state index contributed by atoms with van der Waals surface area (Å²) in [5, 5.41) is 18.8. The Morgan fingerprint density at radius 1 is 1.55 bits per heavy atom. The lowest BCUT2D eigenvalue weighted by atomic mass is 9.77. The molecule has 0 spiro atoms. The van der Waals surface area contributed by atoms with Crippen molar-refractivity contribution in [3.8, 4) is 6.07 Å². The van der Waals surface area contributed by atoms with E-state index in [9.17, 15) is 15.2 Å². The summed E-state index contributed by atoms with van der Waals surface area (Å²) in [6.45, 7) is 5.18. The number of piperidine rings is 1. The van der Waals surface area contributed by atoms with E-state index in [0.29, 0.717) is 24.9 Å². The van der Waals surface area contributed by atoms with Gasteiger partial charge in [0.15, 0.2) is 0 Å². The van der Waals surface area contributed by atoms with E-state index in [-0.39, 0.29) is 0 Å². The van der Waals surface area contributed by atoms with E-state index in [0.717, 1.165) is 24.2 Å². The van der Waals surface area contributed by atoms with Gasteiger partial charge >= 0.3 is 5.97 Å². The van der Waals surface area contributed by atoms with Crippen LogP contribution in [0.25, 0.3) is 0 Å². The molecule has 2 rings (SSSR count). The third kappa shape index (κ3) is 2.49. The Morgan fingerprint density at radius 3 is 2.90 bits per heavy atom. The van der Waals surface area contributed by atoms with Gasteiger partial charge in [0.25, 0.3) is 0 Å². The molecule has 1 aliphatic heterocycles. The van der Waals surface area contributed by atoms with Gasteiger partial charge in [0.2, 0.25) is 0 Å². The first-order valence-electron chi connectivity index (χ1n) is 7.01. The van der Waals surface area contributed by atoms with Gasteiger partial charge in [-0.25, -0.2) is 0 Å². The van der Waals surface area contributed by atoms with Gasteiger partial charge in [-0.2, -0.15) is 5.26 Å². The first-order valence-corrected chi connectivity index (χ1v) is 7.01. The first-order chi connectivity index (χ1) is 9.52. The molecule has 20 heavy (non-hydrogen) atoms. The second-order valence-corrected chi connectivity index (χ2v) is 5.60. The van der Waals surface area contributed by atoms with Crippen molar-refractivity contribution in [2.24, 2.45) is 5.41 Å². The van der Waals surface area contributed by atoms with Crippen LogP contribution < -0.4 is 4.90 Å². The van der Waals surface area contributed by atoms with Crippen molar-refractivity contribution in [1.82, 2.24) is 0 Å². The number of aliphatic carboxylic acids is 1. The van der Waals surface area contributed by atoms with Crippen molar-refractivity contribution >= 4 is 11.7 Å². The highest BCUT2D eigenvalue weighted by Gasteiger charge is 2.41. The highest BCUT2D eigenvalue weighted by Crippen LogP contribution is 2.36. The van der Waals surface area contributed by atoms with Crippen LogP contribution in [0.2, 0.25) is 0 Å². The number of carboxylic acids is 1. The van der Waals surface area contributed by atoms with Gasteiger partial charge in [0.1, 0.15) is 6.07 Å². The van der Waals surface area contributed by atoms with Crippen LogP contribution in [0.3, 0.4) is 0 Å². The zero-order valence-corrected chi connectivity index (χ0v) is 12.0. The van der Waals surface area contributed by atoms with Crippen LogP contribution in [0.4, 0.5) is 5.69 Å². The average Bonchev–Trinajstić information content (AvgIpc) is 2.46. The van der Waals surface area contributed by atoms with E-state index >= 15 is 0 Å². The van der Waals surface area contributed by atoms with Crippen LogP contribution >= 0.6 is 0 Å². The van der Waals surface area contributed by atoms with Crippen molar-refractivity contribution in [3.63, 3.8) is 0 Å². The molecule has 1 heterocycles. The number of benzene rings is 1. The molecule has 4 nitrogen and oxygen atoms in total. The fourth-order valence-electron chi connectivity index (χ4n) is 2.97. The van der Waals surface area contributed by atoms with Crippen molar-refractivity contribution in [2.45, 2.75) is 33.1 Å². The van der Waals surface area contributed by atoms with Crippen molar-refractivity contribution in [1.29, 1.82) is 5.26 Å². The predicted octanol–water partition coefficient (Wildman–Crippen LogP) is 2.95. The molecular weight excluding hydrogens is 252 g/mol. The number of carbonyl (C=O) groups is 1. The van der Waals surface area contributed by atoms with Crippen molar-refractivity contribution in [3.05, 3.63) is 29.3 Å². The molecule has 4 heteroatoms. The number of rotatable bonds is 3. The maximum absolute atomic E-state index is 11.6. The summed E-state index contributed by atoms with van der Waals surface area (Å²) in [6.07, 6.45) is 2.18. The number of hydrogen-bond donors (Lipinski definition) is 1. The molecule has 1 atom stereocenters. The molecule has 1 aromatic carbocycles. The third-order valence-corrected chi connectivity index (χ3v) is 4.32. The minimum Gasteiger partial charge on any atom is -0.481 e. The quantitative estimate of drug-likeness (QED) is 0.918. The minimum atomic E-state index is -0.727. The van der Waals surface area contributed by atoms with Gasteiger partial charge in [-0.3, -0.25) is 4.79 Å². The SMILES string of the molecule is CCC1(C(=O)O)CCCN(c2ccc(C)cc2C#N)C1. The molecule has 1 unspecified atom stereocenters. The maximum Gasteiger partial charge on any atom is 0.311 e. The molecule has 1 aliphatic rings. The Labute approximate surface area is 119 Å². The highest BCUT2D eigenvalue weighted by molar-refractivity contribution is 5.76. The lowest BCUT2D eigenvalue weighted by Crippen LogP contribution is -2.47. The van der Waals surface area contributed by atoms with Gasteiger partial charge in [-0.05, 0) is 43.9 Å². The number of nitrogens with zero attached hydrogens (tertiary/aromatic N) is 2. The van der Waals surface area contributed by atoms with E-state index in [1.54, 1.807) is 0 Å². The summed E-state index contributed by atoms with van der Waals surface area (Å²) in [6, 6.07) is 7.98. The molecular formula is C16H20N2O2. The second kappa shape index (κ2) is 5.54. The Kier molecular flexibility index (Phi) is 3.99. The summed E-state index contributed by atoms with van der Waals surface area (Å²) < 4.78 is 0. The predicted molar refractivity (Wildman–Crippen MR) is 77.7 cm³/mol. The molecule has 0 aliphatic carbocycles. The van der Waals surface area contributed by atoms with E-state index in [4.69, 9.17) is 0 Å². The number of aryl methyl sites for hydroxylation is 1. The topological polar surface area (TPSA) is 64.3 Å². The number of carboxylic acid groups (broad SMARTS) is 1. The monoisotopic (exact) mass is 272 g/mol. The molecule has 1 N–H and O–H groups in total. The highest BCUT2D eigenvalue weighted by atomic mass is 16.4. The molecule has 1 saturated heterocycles. The zero-order valence-electron chi connectivity index (χ0n) is 12.0. The number of hydrogen-bond acceptors (Lipinski definition) is 3. The molecule has 0 aromatic heterocycles. The van der Waals surface area contributed by atoms with Gasteiger partial charge in [0, 0.05) is 13.1 Å². The second-order valence-electron chi connectivity index (χ2n) is 5.60. The smallest absolute Gasteiger partial charge is 0.311 e. The number of nitriles is 1. The van der Waals surface area contributed by atoms with E-state index in [2.05, 4.69) is 11.0 Å². The molecule has 0 saturated carbocycles. The van der Waals surface area contributed by atoms with Gasteiger partial charge in [-0.15, -0.1) is 0 Å². The third-order valence-electron chi connectivity index (χ3n) is 4.32. The average molecular weight is 272 g/mol. The Balaban J connectivity index is 2.35. The van der Waals surface area contributed by atoms with Gasteiger partial charge < -0.3 is 10.0 Å². The lowest BCUT2D eigenvalue weighted by molar-refractivity contribution is -0.149. The van der Waals surface area contributed by atoms with Crippen LogP contribution in [0.15, 0.2) is 18.2 Å². The largest absolute Gasteiger partial charge is 0.481 e. The summed E-state index contributed by atoms with van der Waals surface area (Å²) >= 11 is 0. The molecule has 0 bridgehead atoms. The van der Waals surface area contributed by atoms with E-state index in [1.807, 2.05) is 32.0 Å². The van der Waals surface area contributed by atoms with Crippen LogP contribution in [0, 0.1) is 23.7 Å². The van der Waals surface area contributed by atoms with Crippen LogP contribution in [0.1, 0.15) is 37.3 Å². The minimum absolute atomic E-state index is 0.483. The first kappa shape index (κ1) is 14.4. The lowest BCUT2D eigenvalue weighted by Gasteiger charge is -2.41. The number of anilines is 1. The Bertz CT molecular complexity index is 562. The van der Waals surface area contributed by atoms with Crippen LogP contribution in [-0.2, 0) is 4.79 Å². The standard InChI is InChI=1S/C16H20N2O2/c1-3-16(15(19)20)7-4-8-18(11-16)14-6-5-12(2)9-13(14)10-17/h5-6,9H,3-4,7-8,11H2,1-2H3,(H,19,20). The normalized spacial score (nSPS) is 22.4. The van der Waals surface area contributed by atoms with Gasteiger partial charge in [0.05, 0.1) is 16.7 Å². The van der Waals surface area contributed by atoms with Crippen LogP contribution in [-0.4, -0.2) is 24.2 Å². The molecule has 1 fully saturated rings. The molecule has 0 amide bonds. The summed E-state index contributed by atoms with van der Waals surface area (Å²) in [5.41, 5.74) is 1.84. The fourth-order valence-corrected chi connectivity index (χ4v) is 2.97. The maximum atomic E-state index is 11.6. The Hall–Kier alpha value is -2.02. The Morgan fingerprint density at radius 2 is 2.30 bits per heavy atom. The molecule has 106 valence electrons. The van der Waals surface area contributed by atoms with Crippen LogP contribution in [0.5, 0.6) is 0 Å². The summed E-state index contributed by atoms with van der Waals surface area (Å²) in [4.78, 5) is 13.7. The summed E-state index contributed by atoms with van der Waals surface area (Å²) in [5.74, 6) is -0.727. The van der Waals surface area contributed by atoms with E-state index in [1.165, 1.54) is 0 Å². The van der Waals surface area contributed by atoms with Gasteiger partial charge in [-0.1, -0.05) is 13.0 Å². The fraction of sp³-hybridized carbons (Fsp3) is 0.500. The summed E-state index contributed by atoms with van der Waals surface area (Å²) in [7, 11) is 0. The molecule has 1 aromatic rings.